The van der Waals surface area contributed by atoms with E-state index in [0.717, 1.165) is 40.1 Å². The number of esters is 1. The van der Waals surface area contributed by atoms with Gasteiger partial charge in [0.15, 0.2) is 5.16 Å². The van der Waals surface area contributed by atoms with Gasteiger partial charge >= 0.3 is 5.97 Å². The molecule has 1 unspecified atom stereocenters. The van der Waals surface area contributed by atoms with Gasteiger partial charge in [-0.05, 0) is 61.4 Å². The number of amides is 1. The van der Waals surface area contributed by atoms with E-state index in [2.05, 4.69) is 12.2 Å². The third-order valence-electron chi connectivity index (χ3n) is 7.18. The van der Waals surface area contributed by atoms with Crippen molar-refractivity contribution in [3.63, 3.8) is 0 Å². The number of nitrogens with zero attached hydrogens (tertiary/aromatic N) is 2. The van der Waals surface area contributed by atoms with Crippen LogP contribution < -0.4 is 10.9 Å². The highest BCUT2D eigenvalue weighted by molar-refractivity contribution is 7.99. The second-order valence-electron chi connectivity index (χ2n) is 10.2. The Morgan fingerprint density at radius 1 is 1.10 bits per heavy atom. The molecule has 1 aliphatic carbocycles. The van der Waals surface area contributed by atoms with E-state index >= 15 is 0 Å². The van der Waals surface area contributed by atoms with Crippen molar-refractivity contribution in [1.82, 2.24) is 9.55 Å². The molecule has 10 heteroatoms. The Hall–Kier alpha value is -3.73. The third kappa shape index (κ3) is 5.66. The molecule has 0 aliphatic heterocycles. The van der Waals surface area contributed by atoms with E-state index in [0.29, 0.717) is 37.5 Å². The van der Waals surface area contributed by atoms with Gasteiger partial charge in [0.2, 0.25) is 5.91 Å². The molecule has 1 amide bonds. The van der Waals surface area contributed by atoms with Gasteiger partial charge in [-0.2, -0.15) is 0 Å². The summed E-state index contributed by atoms with van der Waals surface area (Å²) in [5, 5.41) is 4.48. The molecule has 0 spiro atoms. The van der Waals surface area contributed by atoms with Crippen LogP contribution in [0.2, 0.25) is 0 Å². The summed E-state index contributed by atoms with van der Waals surface area (Å²) < 4.78 is 6.91. The molecule has 0 radical (unpaired) electrons. The molecule has 5 aromatic rings. The molecular formula is C32H29N3O4S3. The van der Waals surface area contributed by atoms with Gasteiger partial charge in [0.05, 0.1) is 29.0 Å². The van der Waals surface area contributed by atoms with Gasteiger partial charge in [0.25, 0.3) is 5.56 Å². The smallest absolute Gasteiger partial charge is 0.341 e. The molecule has 42 heavy (non-hydrogen) atoms. The quantitative estimate of drug-likeness (QED) is 0.113. The highest BCUT2D eigenvalue weighted by atomic mass is 32.2. The van der Waals surface area contributed by atoms with E-state index in [1.54, 1.807) is 11.5 Å². The second kappa shape index (κ2) is 12.2. The average molecular weight is 616 g/mol. The number of nitrogens with one attached hydrogen (secondary N) is 1. The average Bonchev–Trinajstić information content (AvgIpc) is 3.58. The number of para-hydroxylation sites is 1. The summed E-state index contributed by atoms with van der Waals surface area (Å²) >= 11 is 4.12. The Bertz CT molecular complexity index is 1830. The van der Waals surface area contributed by atoms with Crippen molar-refractivity contribution in [2.75, 3.05) is 17.7 Å². The lowest BCUT2D eigenvalue weighted by Crippen LogP contribution is -2.22. The molecule has 2 aromatic carbocycles. The summed E-state index contributed by atoms with van der Waals surface area (Å²) in [5.41, 5.74) is 2.99. The maximum atomic E-state index is 13.8. The lowest BCUT2D eigenvalue weighted by Gasteiger charge is -2.18. The largest absolute Gasteiger partial charge is 0.462 e. The van der Waals surface area contributed by atoms with E-state index in [1.807, 2.05) is 66.7 Å². The number of carbonyl (C=O) groups excluding carboxylic acids is 2. The van der Waals surface area contributed by atoms with Crippen LogP contribution in [-0.2, 0) is 22.4 Å². The van der Waals surface area contributed by atoms with Crippen molar-refractivity contribution >= 4 is 61.5 Å². The molecule has 0 saturated carbocycles. The van der Waals surface area contributed by atoms with Crippen LogP contribution in [0.5, 0.6) is 0 Å². The Balaban J connectivity index is 1.31. The van der Waals surface area contributed by atoms with E-state index in [4.69, 9.17) is 9.72 Å². The van der Waals surface area contributed by atoms with Gasteiger partial charge in [-0.3, -0.25) is 14.2 Å². The lowest BCUT2D eigenvalue weighted by atomic mass is 9.88. The first-order chi connectivity index (χ1) is 20.4. The van der Waals surface area contributed by atoms with Crippen molar-refractivity contribution in [3.05, 3.63) is 93.1 Å². The minimum absolute atomic E-state index is 0.0168. The first kappa shape index (κ1) is 28.4. The van der Waals surface area contributed by atoms with Crippen LogP contribution in [0.1, 0.15) is 41.1 Å². The summed E-state index contributed by atoms with van der Waals surface area (Å²) in [7, 11) is 0. The van der Waals surface area contributed by atoms with Crippen LogP contribution in [0.15, 0.2) is 76.7 Å². The number of thiophene rings is 2. The molecule has 0 bridgehead atoms. The van der Waals surface area contributed by atoms with Crippen molar-refractivity contribution in [2.45, 2.75) is 38.3 Å². The molecule has 7 nitrogen and oxygen atoms in total. The van der Waals surface area contributed by atoms with Crippen molar-refractivity contribution in [1.29, 1.82) is 0 Å². The normalized spacial score (nSPS) is 14.5. The van der Waals surface area contributed by atoms with E-state index in [1.165, 1.54) is 34.4 Å². The molecular weight excluding hydrogens is 587 g/mol. The number of anilines is 1. The molecule has 214 valence electrons. The van der Waals surface area contributed by atoms with E-state index in [-0.39, 0.29) is 23.8 Å². The zero-order valence-corrected chi connectivity index (χ0v) is 25.7. The van der Waals surface area contributed by atoms with Gasteiger partial charge in [0.1, 0.15) is 9.83 Å². The van der Waals surface area contributed by atoms with E-state index < -0.39 is 5.97 Å². The van der Waals surface area contributed by atoms with Crippen molar-refractivity contribution in [3.8, 4) is 16.1 Å². The minimum atomic E-state index is -0.399. The van der Waals surface area contributed by atoms with Gasteiger partial charge in [-0.15, -0.1) is 22.7 Å². The summed E-state index contributed by atoms with van der Waals surface area (Å²) in [6, 6.07) is 21.1. The molecule has 3 aromatic heterocycles. The first-order valence-corrected chi connectivity index (χ1v) is 16.5. The predicted octanol–water partition coefficient (Wildman–Crippen LogP) is 7.21. The molecule has 0 saturated heterocycles. The number of hydrogen-bond donors (Lipinski definition) is 1. The minimum Gasteiger partial charge on any atom is -0.462 e. The van der Waals surface area contributed by atoms with E-state index in [9.17, 15) is 14.4 Å². The number of benzene rings is 2. The summed E-state index contributed by atoms with van der Waals surface area (Å²) in [4.78, 5) is 47.6. The zero-order chi connectivity index (χ0) is 29.2. The van der Waals surface area contributed by atoms with Crippen LogP contribution in [0.25, 0.3) is 26.3 Å². The van der Waals surface area contributed by atoms with Gasteiger partial charge in [-0.25, -0.2) is 9.78 Å². The van der Waals surface area contributed by atoms with Gasteiger partial charge < -0.3 is 10.1 Å². The van der Waals surface area contributed by atoms with Crippen molar-refractivity contribution in [2.24, 2.45) is 5.92 Å². The van der Waals surface area contributed by atoms with Crippen LogP contribution in [0.3, 0.4) is 0 Å². The van der Waals surface area contributed by atoms with Crippen LogP contribution in [-0.4, -0.2) is 33.8 Å². The van der Waals surface area contributed by atoms with Crippen LogP contribution in [0.4, 0.5) is 5.00 Å². The number of aromatic nitrogens is 2. The number of rotatable bonds is 8. The zero-order valence-electron chi connectivity index (χ0n) is 23.2. The fraction of sp³-hybridized carbons (Fsp3) is 0.250. The summed E-state index contributed by atoms with van der Waals surface area (Å²) in [6.07, 6.45) is 2.68. The number of hydrogen-bond acceptors (Lipinski definition) is 8. The third-order valence-corrected chi connectivity index (χ3v) is 10.4. The number of carbonyl (C=O) groups is 2. The van der Waals surface area contributed by atoms with Crippen molar-refractivity contribution < 1.29 is 14.3 Å². The maximum absolute atomic E-state index is 13.8. The topological polar surface area (TPSA) is 90.3 Å². The Labute approximate surface area is 255 Å². The Morgan fingerprint density at radius 3 is 2.57 bits per heavy atom. The summed E-state index contributed by atoms with van der Waals surface area (Å²) in [6.45, 7) is 4.25. The molecule has 1 aliphatic rings. The lowest BCUT2D eigenvalue weighted by molar-refractivity contribution is -0.113. The van der Waals surface area contributed by atoms with Crippen LogP contribution in [0, 0.1) is 5.92 Å². The highest BCUT2D eigenvalue weighted by Gasteiger charge is 2.29. The fourth-order valence-corrected chi connectivity index (χ4v) is 8.46. The first-order valence-electron chi connectivity index (χ1n) is 13.8. The second-order valence-corrected chi connectivity index (χ2v) is 13.3. The highest BCUT2D eigenvalue weighted by Crippen LogP contribution is 2.40. The Morgan fingerprint density at radius 2 is 1.83 bits per heavy atom. The molecule has 3 heterocycles. The molecule has 0 fully saturated rings. The van der Waals surface area contributed by atoms with Gasteiger partial charge in [0, 0.05) is 9.75 Å². The molecule has 6 rings (SSSR count). The fourth-order valence-electron chi connectivity index (χ4n) is 5.16. The molecule has 1 N–H and O–H groups in total. The Kier molecular flexibility index (Phi) is 8.28. The monoisotopic (exact) mass is 615 g/mol. The SMILES string of the molecule is CCOC(=O)c1c(NC(=O)CSc2nc3sc(-c4ccccc4)cc3c(=O)n2-c2ccccc2)sc2c1CCC(C)C2. The standard InChI is InChI=1S/C32H29N3O4S3/c1-3-39-31(38)27-22-15-14-19(2)16-25(22)42-29(27)33-26(36)18-40-32-34-28-23(17-24(41-28)20-10-6-4-7-11-20)30(37)35(32)21-12-8-5-9-13-21/h4-13,17,19H,3,14-16,18H2,1-2H3,(H,33,36). The van der Waals surface area contributed by atoms with Crippen LogP contribution >= 0.6 is 34.4 Å². The molecule has 1 atom stereocenters. The van der Waals surface area contributed by atoms with Gasteiger partial charge in [-0.1, -0.05) is 67.2 Å². The maximum Gasteiger partial charge on any atom is 0.341 e. The number of ether oxygens (including phenoxy) is 1. The summed E-state index contributed by atoms with van der Waals surface area (Å²) in [5.74, 6) is -0.129. The predicted molar refractivity (Wildman–Crippen MR) is 171 cm³/mol. The number of fused-ring (bicyclic) bond motifs is 2. The number of thioether (sulfide) groups is 1.